The number of nitrogens with one attached hydrogen (secondary N) is 1. The topological polar surface area (TPSA) is 189 Å². The summed E-state index contributed by atoms with van der Waals surface area (Å²) in [6.45, 7) is 2.59. The summed E-state index contributed by atoms with van der Waals surface area (Å²) in [7, 11) is 0. The Labute approximate surface area is 186 Å². The molecule has 1 saturated heterocycles. The van der Waals surface area contributed by atoms with Gasteiger partial charge in [0, 0.05) is 58.9 Å². The number of aliphatic carboxylic acids is 3. The zero-order valence-electron chi connectivity index (χ0n) is 18.1. The number of carbonyl (C=O) groups excluding carboxylic acids is 1. The molecule has 1 fully saturated rings. The van der Waals surface area contributed by atoms with Crippen LogP contribution in [0, 0.1) is 0 Å². The van der Waals surface area contributed by atoms with Gasteiger partial charge in [0.25, 0.3) is 0 Å². The van der Waals surface area contributed by atoms with Crippen molar-refractivity contribution in [1.82, 2.24) is 24.9 Å². The fourth-order valence-corrected chi connectivity index (χ4v) is 3.29. The maximum absolute atomic E-state index is 12.2. The van der Waals surface area contributed by atoms with Crippen molar-refractivity contribution in [3.8, 4) is 0 Å². The Morgan fingerprint density at radius 1 is 0.656 bits per heavy atom. The fraction of sp³-hybridized carbons (Fsp3) is 0.778. The number of hydrogen-bond donors (Lipinski definition) is 5. The van der Waals surface area contributed by atoms with Crippen LogP contribution < -0.4 is 11.2 Å². The molecule has 1 rings (SSSR count). The number of hydrogen-bond acceptors (Lipinski definition) is 10. The molecule has 184 valence electrons. The Morgan fingerprint density at radius 2 is 0.969 bits per heavy atom. The average Bonchev–Trinajstić information content (AvgIpc) is 2.69. The molecule has 0 unspecified atom stereocenters. The molecule has 0 aromatic heterocycles. The highest BCUT2D eigenvalue weighted by atomic mass is 16.6. The summed E-state index contributed by atoms with van der Waals surface area (Å²) in [5.74, 6) is 1.68. The van der Waals surface area contributed by atoms with E-state index in [2.05, 4.69) is 10.2 Å². The van der Waals surface area contributed by atoms with Crippen LogP contribution in [0.2, 0.25) is 0 Å². The number of nitrogens with two attached hydrogens (primary N) is 1. The minimum atomic E-state index is -1.01. The summed E-state index contributed by atoms with van der Waals surface area (Å²) in [4.78, 5) is 57.2. The zero-order chi connectivity index (χ0) is 23.9. The van der Waals surface area contributed by atoms with E-state index >= 15 is 0 Å². The van der Waals surface area contributed by atoms with Crippen molar-refractivity contribution >= 4 is 23.8 Å². The van der Waals surface area contributed by atoms with Gasteiger partial charge in [0.1, 0.15) is 0 Å². The van der Waals surface area contributed by atoms with Crippen LogP contribution in [0.15, 0.2) is 0 Å². The molecule has 1 heterocycles. The predicted octanol–water partition coefficient (Wildman–Crippen LogP) is -3.53. The third kappa shape index (κ3) is 13.1. The van der Waals surface area contributed by atoms with Crippen molar-refractivity contribution in [1.29, 1.82) is 0 Å². The first-order valence-electron chi connectivity index (χ1n) is 10.3. The number of carboxylic acids is 3. The molecular weight excluding hydrogens is 428 g/mol. The van der Waals surface area contributed by atoms with E-state index in [1.54, 1.807) is 14.7 Å². The quantitative estimate of drug-likeness (QED) is 0.150. The molecule has 1 aliphatic heterocycles. The minimum absolute atomic E-state index is 0.0531. The van der Waals surface area contributed by atoms with E-state index in [-0.39, 0.29) is 45.2 Å². The summed E-state index contributed by atoms with van der Waals surface area (Å²) in [6, 6.07) is 0. The number of carbonyl (C=O) groups is 4. The molecule has 0 aromatic rings. The standard InChI is InChI=1S/C18H34N6O8/c19-32-10-1-20-15(25)11-21-2-4-22(12-16(26)27)6-8-24(14-18(30)31)9-7-23(5-3-21)13-17(28)29/h1-14,19H2,(H,20,25)(H,26,27)(H,28,29)(H,30,31). The molecule has 14 heteroatoms. The van der Waals surface area contributed by atoms with Gasteiger partial charge in [0.15, 0.2) is 0 Å². The largest absolute Gasteiger partial charge is 0.480 e. The monoisotopic (exact) mass is 462 g/mol. The second kappa shape index (κ2) is 15.4. The van der Waals surface area contributed by atoms with Crippen LogP contribution in [0.1, 0.15) is 0 Å². The Hall–Kier alpha value is -2.36. The Bertz CT molecular complexity index is 590. The van der Waals surface area contributed by atoms with Gasteiger partial charge in [-0.2, -0.15) is 0 Å². The smallest absolute Gasteiger partial charge is 0.317 e. The lowest BCUT2D eigenvalue weighted by molar-refractivity contribution is -0.140. The Balaban J connectivity index is 2.89. The maximum Gasteiger partial charge on any atom is 0.317 e. The molecule has 0 radical (unpaired) electrons. The van der Waals surface area contributed by atoms with Crippen LogP contribution in [0.3, 0.4) is 0 Å². The fourth-order valence-electron chi connectivity index (χ4n) is 3.29. The van der Waals surface area contributed by atoms with Gasteiger partial charge in [-0.15, -0.1) is 0 Å². The van der Waals surface area contributed by atoms with Gasteiger partial charge in [0.05, 0.1) is 32.8 Å². The Morgan fingerprint density at radius 3 is 1.25 bits per heavy atom. The highest BCUT2D eigenvalue weighted by molar-refractivity contribution is 5.78. The molecule has 6 N–H and O–H groups in total. The first-order chi connectivity index (χ1) is 15.2. The van der Waals surface area contributed by atoms with Crippen LogP contribution in [-0.2, 0) is 24.0 Å². The maximum atomic E-state index is 12.2. The lowest BCUT2D eigenvalue weighted by Crippen LogP contribution is -2.50. The van der Waals surface area contributed by atoms with E-state index in [4.69, 9.17) is 11.0 Å². The van der Waals surface area contributed by atoms with Gasteiger partial charge in [-0.05, 0) is 0 Å². The normalized spacial score (nSPS) is 18.4. The lowest BCUT2D eigenvalue weighted by atomic mass is 10.3. The number of nitrogens with zero attached hydrogens (tertiary/aromatic N) is 4. The second-order valence-corrected chi connectivity index (χ2v) is 7.51. The van der Waals surface area contributed by atoms with Crippen molar-refractivity contribution in [2.75, 3.05) is 91.7 Å². The van der Waals surface area contributed by atoms with Crippen molar-refractivity contribution in [3.05, 3.63) is 0 Å². The van der Waals surface area contributed by atoms with E-state index in [0.29, 0.717) is 52.4 Å². The molecule has 0 saturated carbocycles. The first kappa shape index (κ1) is 27.7. The highest BCUT2D eigenvalue weighted by Gasteiger charge is 2.20. The summed E-state index contributed by atoms with van der Waals surface area (Å²) in [5.41, 5.74) is 0. The third-order valence-electron chi connectivity index (χ3n) is 4.92. The summed E-state index contributed by atoms with van der Waals surface area (Å²) >= 11 is 0. The highest BCUT2D eigenvalue weighted by Crippen LogP contribution is 2.01. The van der Waals surface area contributed by atoms with Crippen molar-refractivity contribution in [2.45, 2.75) is 0 Å². The average molecular weight is 463 g/mol. The summed E-state index contributed by atoms with van der Waals surface area (Å²) in [6.07, 6.45) is 0. The van der Waals surface area contributed by atoms with Crippen LogP contribution in [0.25, 0.3) is 0 Å². The van der Waals surface area contributed by atoms with Gasteiger partial charge in [-0.25, -0.2) is 5.90 Å². The molecule has 1 amide bonds. The zero-order valence-corrected chi connectivity index (χ0v) is 18.1. The van der Waals surface area contributed by atoms with Crippen LogP contribution in [0.4, 0.5) is 0 Å². The van der Waals surface area contributed by atoms with E-state index in [0.717, 1.165) is 0 Å². The molecule has 0 aliphatic carbocycles. The molecule has 1 aliphatic rings. The van der Waals surface area contributed by atoms with Crippen LogP contribution >= 0.6 is 0 Å². The molecule has 32 heavy (non-hydrogen) atoms. The molecular formula is C18H34N6O8. The predicted molar refractivity (Wildman–Crippen MR) is 112 cm³/mol. The van der Waals surface area contributed by atoms with Gasteiger partial charge in [0.2, 0.25) is 5.91 Å². The third-order valence-corrected chi connectivity index (χ3v) is 4.92. The van der Waals surface area contributed by atoms with E-state index in [1.807, 2.05) is 4.90 Å². The first-order valence-corrected chi connectivity index (χ1v) is 10.3. The second-order valence-electron chi connectivity index (χ2n) is 7.51. The van der Waals surface area contributed by atoms with Gasteiger partial charge in [-0.3, -0.25) is 38.8 Å². The number of rotatable bonds is 11. The lowest BCUT2D eigenvalue weighted by Gasteiger charge is -2.32. The molecule has 0 bridgehead atoms. The minimum Gasteiger partial charge on any atom is -0.480 e. The van der Waals surface area contributed by atoms with Crippen molar-refractivity contribution in [3.63, 3.8) is 0 Å². The number of amides is 1. The molecule has 0 spiro atoms. The van der Waals surface area contributed by atoms with Gasteiger partial charge >= 0.3 is 17.9 Å². The van der Waals surface area contributed by atoms with E-state index < -0.39 is 17.9 Å². The number of carboxylic acid groups (broad SMARTS) is 3. The SMILES string of the molecule is NOCCNC(=O)CN1CCN(CC(=O)O)CCN(CC(=O)O)CCN(CC(=O)O)CC1. The molecule has 14 nitrogen and oxygen atoms in total. The summed E-state index contributed by atoms with van der Waals surface area (Å²) < 4.78 is 0. The van der Waals surface area contributed by atoms with Gasteiger partial charge < -0.3 is 25.5 Å². The van der Waals surface area contributed by atoms with Gasteiger partial charge in [-0.1, -0.05) is 0 Å². The van der Waals surface area contributed by atoms with Crippen molar-refractivity contribution in [2.24, 2.45) is 5.90 Å². The summed E-state index contributed by atoms with van der Waals surface area (Å²) in [5, 5.41) is 30.2. The van der Waals surface area contributed by atoms with E-state index in [1.165, 1.54) is 0 Å². The molecule has 0 aromatic carbocycles. The molecule has 0 atom stereocenters. The van der Waals surface area contributed by atoms with E-state index in [9.17, 15) is 29.4 Å². The Kier molecular flexibility index (Phi) is 13.4. The van der Waals surface area contributed by atoms with Crippen LogP contribution in [-0.4, -0.2) is 150 Å². The van der Waals surface area contributed by atoms with Crippen molar-refractivity contribution < 1.29 is 39.3 Å². The van der Waals surface area contributed by atoms with Crippen LogP contribution in [0.5, 0.6) is 0 Å².